The van der Waals surface area contributed by atoms with Gasteiger partial charge in [-0.15, -0.1) is 6.58 Å². The molecule has 0 fully saturated rings. The van der Waals surface area contributed by atoms with Gasteiger partial charge in [0, 0.05) is 6.04 Å². The van der Waals surface area contributed by atoms with Crippen LogP contribution in [0.3, 0.4) is 0 Å². The van der Waals surface area contributed by atoms with Crippen molar-refractivity contribution >= 4 is 6.09 Å². The monoisotopic (exact) mass is 227 g/mol. The Hall–Kier alpha value is -0.990. The molecule has 0 radical (unpaired) electrons. The number of rotatable bonds is 8. The molecule has 0 aromatic carbocycles. The Morgan fingerprint density at radius 1 is 1.50 bits per heavy atom. The average Bonchev–Trinajstić information content (AvgIpc) is 2.17. The Kier molecular flexibility index (Phi) is 8.68. The fourth-order valence-corrected chi connectivity index (χ4v) is 1.50. The molecule has 0 aliphatic carbocycles. The van der Waals surface area contributed by atoms with Crippen molar-refractivity contribution in [3.05, 3.63) is 12.7 Å². The van der Waals surface area contributed by atoms with Crippen molar-refractivity contribution in [1.29, 1.82) is 0 Å². The summed E-state index contributed by atoms with van der Waals surface area (Å²) in [5.41, 5.74) is 0. The predicted octanol–water partition coefficient (Wildman–Crippen LogP) is 3.50. The first kappa shape index (κ1) is 15.0. The molecule has 0 spiro atoms. The van der Waals surface area contributed by atoms with Crippen molar-refractivity contribution in [2.75, 3.05) is 6.61 Å². The first-order chi connectivity index (χ1) is 7.60. The van der Waals surface area contributed by atoms with Gasteiger partial charge in [0.1, 0.15) is 0 Å². The van der Waals surface area contributed by atoms with Crippen molar-refractivity contribution in [3.8, 4) is 0 Å². The zero-order valence-electron chi connectivity index (χ0n) is 10.8. The third-order valence-corrected chi connectivity index (χ3v) is 2.26. The molecular formula is C13H25NO2. The number of unbranched alkanes of at least 4 members (excludes halogenated alkanes) is 1. The van der Waals surface area contributed by atoms with E-state index in [1.165, 1.54) is 0 Å². The molecule has 0 aromatic heterocycles. The lowest BCUT2D eigenvalue weighted by molar-refractivity contribution is 0.139. The standard InChI is InChI=1S/C13H25NO2/c1-5-7-9-16-13(15)14-12(8-6-2)10-11(3)4/h6,11-12H,2,5,7-10H2,1,3-4H3,(H,14,15)/t12-/m0/s1. The highest BCUT2D eigenvalue weighted by molar-refractivity contribution is 5.67. The van der Waals surface area contributed by atoms with Gasteiger partial charge in [-0.3, -0.25) is 0 Å². The highest BCUT2D eigenvalue weighted by Crippen LogP contribution is 2.08. The van der Waals surface area contributed by atoms with Crippen molar-refractivity contribution in [3.63, 3.8) is 0 Å². The Balaban J connectivity index is 3.87. The van der Waals surface area contributed by atoms with Gasteiger partial charge < -0.3 is 10.1 Å². The van der Waals surface area contributed by atoms with Gasteiger partial charge in [-0.25, -0.2) is 4.79 Å². The summed E-state index contributed by atoms with van der Waals surface area (Å²) in [6, 6.07) is 0.145. The Bertz CT molecular complexity index is 202. The van der Waals surface area contributed by atoms with Gasteiger partial charge in [0.25, 0.3) is 0 Å². The summed E-state index contributed by atoms with van der Waals surface area (Å²) in [4.78, 5) is 11.4. The molecule has 3 heteroatoms. The van der Waals surface area contributed by atoms with Gasteiger partial charge in [-0.1, -0.05) is 33.3 Å². The van der Waals surface area contributed by atoms with Crippen molar-refractivity contribution in [1.82, 2.24) is 5.32 Å². The summed E-state index contributed by atoms with van der Waals surface area (Å²) in [6.45, 7) is 10.6. The summed E-state index contributed by atoms with van der Waals surface area (Å²) in [5, 5.41) is 2.88. The van der Waals surface area contributed by atoms with E-state index in [-0.39, 0.29) is 12.1 Å². The maximum absolute atomic E-state index is 11.4. The lowest BCUT2D eigenvalue weighted by Gasteiger charge is -2.18. The van der Waals surface area contributed by atoms with Crippen LogP contribution in [-0.4, -0.2) is 18.7 Å². The second-order valence-electron chi connectivity index (χ2n) is 4.48. The Morgan fingerprint density at radius 3 is 2.69 bits per heavy atom. The van der Waals surface area contributed by atoms with Gasteiger partial charge in [0.15, 0.2) is 0 Å². The molecule has 1 atom stereocenters. The smallest absolute Gasteiger partial charge is 0.407 e. The minimum absolute atomic E-state index is 0.145. The van der Waals surface area contributed by atoms with Gasteiger partial charge in [-0.05, 0) is 25.2 Å². The maximum Gasteiger partial charge on any atom is 0.407 e. The molecule has 0 bridgehead atoms. The van der Waals surface area contributed by atoms with Crippen LogP contribution in [0.5, 0.6) is 0 Å². The van der Waals surface area contributed by atoms with Crippen LogP contribution in [0.1, 0.15) is 46.5 Å². The number of carbonyl (C=O) groups is 1. The number of hydrogen-bond donors (Lipinski definition) is 1. The van der Waals surface area contributed by atoms with E-state index in [0.717, 1.165) is 25.7 Å². The summed E-state index contributed by atoms with van der Waals surface area (Å²) in [5.74, 6) is 0.556. The lowest BCUT2D eigenvalue weighted by atomic mass is 10.0. The number of carbonyl (C=O) groups excluding carboxylic acids is 1. The van der Waals surface area contributed by atoms with Crippen molar-refractivity contribution < 1.29 is 9.53 Å². The van der Waals surface area contributed by atoms with Crippen LogP contribution in [-0.2, 0) is 4.74 Å². The SMILES string of the molecule is C=CC[C@@H](CC(C)C)NC(=O)OCCCC. The predicted molar refractivity (Wildman–Crippen MR) is 67.4 cm³/mol. The van der Waals surface area contributed by atoms with E-state index in [1.807, 2.05) is 6.08 Å². The van der Waals surface area contributed by atoms with Gasteiger partial charge in [0.2, 0.25) is 0 Å². The molecule has 0 aliphatic rings. The van der Waals surface area contributed by atoms with E-state index in [0.29, 0.717) is 12.5 Å². The fraction of sp³-hybridized carbons (Fsp3) is 0.769. The quantitative estimate of drug-likeness (QED) is 0.509. The third-order valence-electron chi connectivity index (χ3n) is 2.26. The summed E-state index contributed by atoms with van der Waals surface area (Å²) in [7, 11) is 0. The minimum atomic E-state index is -0.305. The van der Waals surface area contributed by atoms with Crippen LogP contribution in [0.2, 0.25) is 0 Å². The van der Waals surface area contributed by atoms with Crippen LogP contribution in [0.25, 0.3) is 0 Å². The second kappa shape index (κ2) is 9.25. The molecule has 3 nitrogen and oxygen atoms in total. The van der Waals surface area contributed by atoms with Crippen LogP contribution in [0.4, 0.5) is 4.79 Å². The molecule has 0 heterocycles. The van der Waals surface area contributed by atoms with Crippen LogP contribution >= 0.6 is 0 Å². The normalized spacial score (nSPS) is 12.2. The van der Waals surface area contributed by atoms with E-state index in [4.69, 9.17) is 4.74 Å². The van der Waals surface area contributed by atoms with E-state index < -0.39 is 0 Å². The molecule has 1 amide bonds. The third kappa shape index (κ3) is 8.33. The molecule has 16 heavy (non-hydrogen) atoms. The van der Waals surface area contributed by atoms with Crippen LogP contribution < -0.4 is 5.32 Å². The number of alkyl carbamates (subject to hydrolysis) is 1. The molecular weight excluding hydrogens is 202 g/mol. The number of nitrogens with one attached hydrogen (secondary N) is 1. The molecule has 0 unspecified atom stereocenters. The summed E-state index contributed by atoms with van der Waals surface area (Å²) >= 11 is 0. The van der Waals surface area contributed by atoms with E-state index in [2.05, 4.69) is 32.7 Å². The van der Waals surface area contributed by atoms with E-state index >= 15 is 0 Å². The largest absolute Gasteiger partial charge is 0.450 e. The average molecular weight is 227 g/mol. The highest BCUT2D eigenvalue weighted by atomic mass is 16.5. The lowest BCUT2D eigenvalue weighted by Crippen LogP contribution is -2.36. The number of amides is 1. The zero-order valence-corrected chi connectivity index (χ0v) is 10.8. The van der Waals surface area contributed by atoms with Gasteiger partial charge in [0.05, 0.1) is 6.61 Å². The highest BCUT2D eigenvalue weighted by Gasteiger charge is 2.12. The van der Waals surface area contributed by atoms with Gasteiger partial charge in [-0.2, -0.15) is 0 Å². The van der Waals surface area contributed by atoms with E-state index in [9.17, 15) is 4.79 Å². The summed E-state index contributed by atoms with van der Waals surface area (Å²) < 4.78 is 5.06. The summed E-state index contributed by atoms with van der Waals surface area (Å²) in [6.07, 6.45) is 5.23. The first-order valence-corrected chi connectivity index (χ1v) is 6.14. The Labute approximate surface area is 99.3 Å². The zero-order chi connectivity index (χ0) is 12.4. The van der Waals surface area contributed by atoms with Crippen LogP contribution in [0.15, 0.2) is 12.7 Å². The second-order valence-corrected chi connectivity index (χ2v) is 4.48. The molecule has 0 aromatic rings. The van der Waals surface area contributed by atoms with Crippen LogP contribution in [0, 0.1) is 5.92 Å². The van der Waals surface area contributed by atoms with E-state index in [1.54, 1.807) is 0 Å². The molecule has 0 saturated heterocycles. The van der Waals surface area contributed by atoms with Gasteiger partial charge >= 0.3 is 6.09 Å². The molecule has 0 rings (SSSR count). The molecule has 94 valence electrons. The van der Waals surface area contributed by atoms with Crippen molar-refractivity contribution in [2.24, 2.45) is 5.92 Å². The number of ether oxygens (including phenoxy) is 1. The molecule has 0 aliphatic heterocycles. The fourth-order valence-electron chi connectivity index (χ4n) is 1.50. The molecule has 1 N–H and O–H groups in total. The maximum atomic E-state index is 11.4. The molecule has 0 saturated carbocycles. The minimum Gasteiger partial charge on any atom is -0.450 e. The van der Waals surface area contributed by atoms with Crippen molar-refractivity contribution in [2.45, 2.75) is 52.5 Å². The topological polar surface area (TPSA) is 38.3 Å². The number of hydrogen-bond acceptors (Lipinski definition) is 2. The Morgan fingerprint density at radius 2 is 2.19 bits per heavy atom. The first-order valence-electron chi connectivity index (χ1n) is 6.14.